The molecule has 0 unspecified atom stereocenters. The van der Waals surface area contributed by atoms with Crippen LogP contribution in [0.15, 0.2) is 72.8 Å². The van der Waals surface area contributed by atoms with E-state index in [1.807, 2.05) is 0 Å². The Hall–Kier alpha value is -5.12. The number of anilines is 1. The van der Waals surface area contributed by atoms with E-state index in [0.29, 0.717) is 39.2 Å². The molecule has 10 nitrogen and oxygen atoms in total. The smallest absolute Gasteiger partial charge is 0.326 e. The first kappa shape index (κ1) is 24.0. The molecular weight excluding hydrogens is 464 g/mol. The second-order valence-corrected chi connectivity index (χ2v) is 7.76. The third-order valence-corrected chi connectivity index (χ3v) is 5.42. The minimum Gasteiger partial charge on any atom is -0.495 e. The summed E-state index contributed by atoms with van der Waals surface area (Å²) in [6.07, 6.45) is 0. The zero-order valence-electron chi connectivity index (χ0n) is 19.3. The molecule has 0 saturated carbocycles. The highest BCUT2D eigenvalue weighted by molar-refractivity contribution is 6.15. The molecule has 36 heavy (non-hydrogen) atoms. The molecule has 0 bridgehead atoms. The average Bonchev–Trinajstić information content (AvgIpc) is 2.87. The van der Waals surface area contributed by atoms with Gasteiger partial charge in [-0.3, -0.25) is 25.0 Å². The number of ether oxygens (including phenoxy) is 1. The first-order chi connectivity index (χ1) is 17.3. The van der Waals surface area contributed by atoms with Gasteiger partial charge in [0.1, 0.15) is 5.75 Å². The van der Waals surface area contributed by atoms with Gasteiger partial charge in [-0.05, 0) is 55.5 Å². The predicted molar refractivity (Wildman–Crippen MR) is 133 cm³/mol. The van der Waals surface area contributed by atoms with E-state index in [0.717, 1.165) is 0 Å². The van der Waals surface area contributed by atoms with Gasteiger partial charge in [0, 0.05) is 28.6 Å². The number of pyridine rings is 1. The van der Waals surface area contributed by atoms with Crippen LogP contribution in [0.2, 0.25) is 0 Å². The Kier molecular flexibility index (Phi) is 6.68. The number of nitrogens with zero attached hydrogens (tertiary/aromatic N) is 2. The molecule has 3 aromatic carbocycles. The molecule has 10 heteroatoms. The van der Waals surface area contributed by atoms with E-state index >= 15 is 0 Å². The number of methoxy groups -OCH3 is 1. The number of benzene rings is 3. The highest BCUT2D eigenvalue weighted by atomic mass is 16.6. The SMILES string of the molecule is COc1ccccc1NC(=O)NC(=O)c1cc(-c2ccc([N+](=O)[O-])cc2)nc2ccc(C(C)=O)cc12. The number of amides is 3. The molecule has 1 aromatic heterocycles. The van der Waals surface area contributed by atoms with E-state index < -0.39 is 16.9 Å². The number of nitrogens with one attached hydrogen (secondary N) is 2. The second kappa shape index (κ2) is 10.0. The van der Waals surface area contributed by atoms with Gasteiger partial charge in [0.15, 0.2) is 5.78 Å². The van der Waals surface area contributed by atoms with Crippen LogP contribution in [0.5, 0.6) is 5.75 Å². The van der Waals surface area contributed by atoms with Crippen molar-refractivity contribution >= 4 is 40.0 Å². The summed E-state index contributed by atoms with van der Waals surface area (Å²) in [5.41, 5.74) is 2.07. The molecule has 0 aliphatic heterocycles. The zero-order valence-corrected chi connectivity index (χ0v) is 19.3. The Morgan fingerprint density at radius 2 is 1.69 bits per heavy atom. The van der Waals surface area contributed by atoms with Gasteiger partial charge < -0.3 is 10.1 Å². The molecule has 2 N–H and O–H groups in total. The van der Waals surface area contributed by atoms with E-state index in [-0.39, 0.29) is 17.0 Å². The van der Waals surface area contributed by atoms with Crippen LogP contribution in [-0.2, 0) is 0 Å². The number of nitro groups is 1. The van der Waals surface area contributed by atoms with E-state index in [1.54, 1.807) is 36.4 Å². The van der Waals surface area contributed by atoms with Crippen LogP contribution < -0.4 is 15.4 Å². The molecule has 0 aliphatic carbocycles. The quantitative estimate of drug-likeness (QED) is 0.223. The van der Waals surface area contributed by atoms with E-state index in [4.69, 9.17) is 4.74 Å². The number of carbonyl (C=O) groups is 3. The topological polar surface area (TPSA) is 141 Å². The minimum atomic E-state index is -0.783. The summed E-state index contributed by atoms with van der Waals surface area (Å²) in [5, 5.41) is 16.2. The van der Waals surface area contributed by atoms with Gasteiger partial charge in [0.25, 0.3) is 11.6 Å². The Bertz CT molecular complexity index is 1520. The second-order valence-electron chi connectivity index (χ2n) is 7.76. The number of nitro benzene ring substituents is 1. The van der Waals surface area contributed by atoms with Gasteiger partial charge >= 0.3 is 6.03 Å². The van der Waals surface area contributed by atoms with Crippen molar-refractivity contribution in [3.8, 4) is 17.0 Å². The maximum absolute atomic E-state index is 13.2. The fraction of sp³-hybridized carbons (Fsp3) is 0.0769. The number of hydrogen-bond acceptors (Lipinski definition) is 7. The van der Waals surface area contributed by atoms with Crippen molar-refractivity contribution in [2.75, 3.05) is 12.4 Å². The maximum Gasteiger partial charge on any atom is 0.326 e. The van der Waals surface area contributed by atoms with Crippen molar-refractivity contribution in [3.05, 3.63) is 94.0 Å². The number of Topliss-reactive ketones (excluding diaryl/α,β-unsaturated/α-hetero) is 1. The summed E-state index contributed by atoms with van der Waals surface area (Å²) < 4.78 is 5.21. The largest absolute Gasteiger partial charge is 0.495 e. The van der Waals surface area contributed by atoms with Crippen molar-refractivity contribution in [1.82, 2.24) is 10.3 Å². The van der Waals surface area contributed by atoms with E-state index in [1.165, 1.54) is 50.4 Å². The lowest BCUT2D eigenvalue weighted by Crippen LogP contribution is -2.34. The molecule has 0 fully saturated rings. The lowest BCUT2D eigenvalue weighted by Gasteiger charge is -2.13. The number of fused-ring (bicyclic) bond motifs is 1. The number of hydrogen-bond donors (Lipinski definition) is 2. The van der Waals surface area contributed by atoms with Crippen molar-refractivity contribution < 1.29 is 24.0 Å². The summed E-state index contributed by atoms with van der Waals surface area (Å²) in [5.74, 6) is -0.503. The predicted octanol–water partition coefficient (Wildman–Crippen LogP) is 4.98. The Balaban J connectivity index is 1.73. The fourth-order valence-corrected chi connectivity index (χ4v) is 3.61. The molecule has 0 atom stereocenters. The van der Waals surface area contributed by atoms with Gasteiger partial charge in [0.2, 0.25) is 0 Å². The van der Waals surface area contributed by atoms with Gasteiger partial charge in [0.05, 0.1) is 34.5 Å². The van der Waals surface area contributed by atoms with Crippen LogP contribution in [0.25, 0.3) is 22.2 Å². The number of urea groups is 1. The number of ketones is 1. The molecule has 180 valence electrons. The minimum absolute atomic E-state index is 0.0865. The Morgan fingerprint density at radius 3 is 2.36 bits per heavy atom. The molecule has 1 heterocycles. The number of rotatable bonds is 6. The molecule has 0 spiro atoms. The molecule has 0 aliphatic rings. The number of aromatic nitrogens is 1. The van der Waals surface area contributed by atoms with Crippen molar-refractivity contribution in [3.63, 3.8) is 0 Å². The van der Waals surface area contributed by atoms with E-state index in [2.05, 4.69) is 15.6 Å². The van der Waals surface area contributed by atoms with Crippen LogP contribution in [0.4, 0.5) is 16.2 Å². The highest BCUT2D eigenvalue weighted by Gasteiger charge is 2.19. The van der Waals surface area contributed by atoms with Crippen LogP contribution in [0.1, 0.15) is 27.6 Å². The first-order valence-corrected chi connectivity index (χ1v) is 10.7. The highest BCUT2D eigenvalue weighted by Crippen LogP contribution is 2.28. The van der Waals surface area contributed by atoms with Crippen molar-refractivity contribution in [1.29, 1.82) is 0 Å². The normalized spacial score (nSPS) is 10.5. The summed E-state index contributed by atoms with van der Waals surface area (Å²) >= 11 is 0. The zero-order chi connectivity index (χ0) is 25.8. The summed E-state index contributed by atoms with van der Waals surface area (Å²) in [6, 6.07) is 17.9. The van der Waals surface area contributed by atoms with Crippen LogP contribution in [0.3, 0.4) is 0 Å². The molecule has 0 saturated heterocycles. The molecule has 4 rings (SSSR count). The molecule has 3 amide bonds. The number of non-ortho nitro benzene ring substituents is 1. The fourth-order valence-electron chi connectivity index (χ4n) is 3.61. The number of imide groups is 1. The van der Waals surface area contributed by atoms with Gasteiger partial charge in [-0.2, -0.15) is 0 Å². The average molecular weight is 484 g/mol. The van der Waals surface area contributed by atoms with Crippen LogP contribution in [-0.4, -0.2) is 34.7 Å². The monoisotopic (exact) mass is 484 g/mol. The van der Waals surface area contributed by atoms with Gasteiger partial charge in [-0.1, -0.05) is 12.1 Å². The first-order valence-electron chi connectivity index (χ1n) is 10.7. The summed E-state index contributed by atoms with van der Waals surface area (Å²) in [6.45, 7) is 1.40. The maximum atomic E-state index is 13.2. The lowest BCUT2D eigenvalue weighted by molar-refractivity contribution is -0.384. The van der Waals surface area contributed by atoms with Crippen LogP contribution in [0, 0.1) is 10.1 Å². The number of carbonyl (C=O) groups excluding carboxylic acids is 3. The third-order valence-electron chi connectivity index (χ3n) is 5.42. The van der Waals surface area contributed by atoms with Gasteiger partial charge in [-0.15, -0.1) is 0 Å². The summed E-state index contributed by atoms with van der Waals surface area (Å²) in [7, 11) is 1.46. The van der Waals surface area contributed by atoms with Gasteiger partial charge in [-0.25, -0.2) is 9.78 Å². The standard InChI is InChI=1S/C26H20N4O6/c1-15(31)17-9-12-21-19(13-17)20(14-23(27-21)16-7-10-18(11-8-16)30(34)35)25(32)29-26(33)28-22-5-3-4-6-24(22)36-2/h3-14H,1-2H3,(H2,28,29,32,33). The van der Waals surface area contributed by atoms with E-state index in [9.17, 15) is 24.5 Å². The summed E-state index contributed by atoms with van der Waals surface area (Å²) in [4.78, 5) is 52.8. The Morgan fingerprint density at radius 1 is 0.972 bits per heavy atom. The van der Waals surface area contributed by atoms with Crippen molar-refractivity contribution in [2.24, 2.45) is 0 Å². The molecular formula is C26H20N4O6. The molecule has 4 aromatic rings. The van der Waals surface area contributed by atoms with Crippen molar-refractivity contribution in [2.45, 2.75) is 6.92 Å². The number of para-hydroxylation sites is 2. The van der Waals surface area contributed by atoms with Crippen LogP contribution >= 0.6 is 0 Å². The third kappa shape index (κ3) is 5.02. The Labute approximate surface area is 205 Å². The molecule has 0 radical (unpaired) electrons. The lowest BCUT2D eigenvalue weighted by atomic mass is 10.0.